The minimum atomic E-state index is 0.109. The summed E-state index contributed by atoms with van der Waals surface area (Å²) < 4.78 is 0. The van der Waals surface area contributed by atoms with Crippen molar-refractivity contribution >= 4 is 11.6 Å². The van der Waals surface area contributed by atoms with E-state index < -0.39 is 0 Å². The number of hydrogen-bond donors (Lipinski definition) is 2. The van der Waals surface area contributed by atoms with E-state index >= 15 is 0 Å². The average molecular weight is 219 g/mol. The van der Waals surface area contributed by atoms with Crippen LogP contribution in [0.4, 0.5) is 5.69 Å². The van der Waals surface area contributed by atoms with Crippen molar-refractivity contribution in [1.29, 1.82) is 0 Å². The number of nitrogens with one attached hydrogen (secondary N) is 1. The van der Waals surface area contributed by atoms with E-state index in [2.05, 4.69) is 10.3 Å². The number of nitrogens with two attached hydrogens (primary N) is 1. The molecule has 3 N–H and O–H groups in total. The Kier molecular flexibility index (Phi) is 3.51. The molecule has 0 atom stereocenters. The molecular formula is C12H17N3O. The Morgan fingerprint density at radius 3 is 2.50 bits per heavy atom. The SMILES string of the molecule is NC1CCC(C(=O)Nc2ccncc2)CC1. The van der Waals surface area contributed by atoms with E-state index in [1.807, 2.05) is 0 Å². The first-order valence-electron chi connectivity index (χ1n) is 5.72. The zero-order valence-electron chi connectivity index (χ0n) is 9.23. The normalized spacial score (nSPS) is 25.1. The minimum Gasteiger partial charge on any atom is -0.328 e. The summed E-state index contributed by atoms with van der Waals surface area (Å²) >= 11 is 0. The number of hydrogen-bond acceptors (Lipinski definition) is 3. The fourth-order valence-corrected chi connectivity index (χ4v) is 2.06. The lowest BCUT2D eigenvalue weighted by molar-refractivity contribution is -0.120. The van der Waals surface area contributed by atoms with Gasteiger partial charge in [0.1, 0.15) is 0 Å². The number of anilines is 1. The Hall–Kier alpha value is -1.42. The number of carbonyl (C=O) groups is 1. The summed E-state index contributed by atoms with van der Waals surface area (Å²) in [6.07, 6.45) is 7.05. The van der Waals surface area contributed by atoms with Crippen molar-refractivity contribution in [1.82, 2.24) is 4.98 Å². The number of carbonyl (C=O) groups excluding carboxylic acids is 1. The van der Waals surface area contributed by atoms with Crippen molar-refractivity contribution in [2.24, 2.45) is 11.7 Å². The molecule has 1 amide bonds. The summed E-state index contributed by atoms with van der Waals surface area (Å²) in [6.45, 7) is 0. The van der Waals surface area contributed by atoms with Gasteiger partial charge in [-0.1, -0.05) is 0 Å². The van der Waals surface area contributed by atoms with Gasteiger partial charge in [-0.3, -0.25) is 9.78 Å². The predicted molar refractivity (Wildman–Crippen MR) is 62.8 cm³/mol. The fourth-order valence-electron chi connectivity index (χ4n) is 2.06. The zero-order valence-corrected chi connectivity index (χ0v) is 9.23. The molecule has 0 spiro atoms. The van der Waals surface area contributed by atoms with Crippen molar-refractivity contribution in [3.8, 4) is 0 Å². The molecule has 1 heterocycles. The van der Waals surface area contributed by atoms with Crippen LogP contribution in [0.15, 0.2) is 24.5 Å². The maximum atomic E-state index is 11.9. The third kappa shape index (κ3) is 2.79. The smallest absolute Gasteiger partial charge is 0.227 e. The van der Waals surface area contributed by atoms with Crippen molar-refractivity contribution in [2.45, 2.75) is 31.7 Å². The molecule has 1 aliphatic carbocycles. The van der Waals surface area contributed by atoms with Gasteiger partial charge in [-0.25, -0.2) is 0 Å². The van der Waals surface area contributed by atoms with Crippen LogP contribution in [0.3, 0.4) is 0 Å². The van der Waals surface area contributed by atoms with Crippen LogP contribution in [0.25, 0.3) is 0 Å². The second-order valence-electron chi connectivity index (χ2n) is 4.34. The van der Waals surface area contributed by atoms with Crippen LogP contribution >= 0.6 is 0 Å². The molecule has 1 aromatic rings. The van der Waals surface area contributed by atoms with E-state index in [0.717, 1.165) is 31.4 Å². The van der Waals surface area contributed by atoms with Gasteiger partial charge in [0, 0.05) is 30.0 Å². The van der Waals surface area contributed by atoms with Gasteiger partial charge in [0.15, 0.2) is 0 Å². The van der Waals surface area contributed by atoms with Crippen LogP contribution in [0.2, 0.25) is 0 Å². The van der Waals surface area contributed by atoms with Crippen LogP contribution in [-0.4, -0.2) is 16.9 Å². The lowest BCUT2D eigenvalue weighted by Gasteiger charge is -2.25. The molecule has 1 fully saturated rings. The van der Waals surface area contributed by atoms with E-state index in [4.69, 9.17) is 5.73 Å². The highest BCUT2D eigenvalue weighted by molar-refractivity contribution is 5.92. The van der Waals surface area contributed by atoms with Gasteiger partial charge in [0.2, 0.25) is 5.91 Å². The summed E-state index contributed by atoms with van der Waals surface area (Å²) in [5.74, 6) is 0.228. The fraction of sp³-hybridized carbons (Fsp3) is 0.500. The Morgan fingerprint density at radius 2 is 1.88 bits per heavy atom. The highest BCUT2D eigenvalue weighted by Gasteiger charge is 2.24. The van der Waals surface area contributed by atoms with Gasteiger partial charge < -0.3 is 11.1 Å². The molecule has 4 nitrogen and oxygen atoms in total. The molecule has 0 unspecified atom stereocenters. The highest BCUT2D eigenvalue weighted by atomic mass is 16.1. The second-order valence-corrected chi connectivity index (χ2v) is 4.34. The molecule has 1 saturated carbocycles. The average Bonchev–Trinajstić information content (AvgIpc) is 2.31. The highest BCUT2D eigenvalue weighted by Crippen LogP contribution is 2.24. The van der Waals surface area contributed by atoms with E-state index in [1.165, 1.54) is 0 Å². The van der Waals surface area contributed by atoms with Crippen molar-refractivity contribution < 1.29 is 4.79 Å². The lowest BCUT2D eigenvalue weighted by atomic mass is 9.86. The van der Waals surface area contributed by atoms with Gasteiger partial charge in [0.25, 0.3) is 0 Å². The van der Waals surface area contributed by atoms with Crippen LogP contribution in [0.5, 0.6) is 0 Å². The molecule has 0 radical (unpaired) electrons. The summed E-state index contributed by atoms with van der Waals surface area (Å²) in [5.41, 5.74) is 6.62. The summed E-state index contributed by atoms with van der Waals surface area (Å²) in [6, 6.07) is 3.88. The van der Waals surface area contributed by atoms with Gasteiger partial charge in [-0.05, 0) is 37.8 Å². The Bertz CT molecular complexity index is 345. The van der Waals surface area contributed by atoms with Crippen molar-refractivity contribution in [3.63, 3.8) is 0 Å². The molecule has 86 valence electrons. The van der Waals surface area contributed by atoms with Crippen LogP contribution in [0.1, 0.15) is 25.7 Å². The van der Waals surface area contributed by atoms with Crippen LogP contribution in [0, 0.1) is 5.92 Å². The molecule has 1 aromatic heterocycles. The predicted octanol–water partition coefficient (Wildman–Crippen LogP) is 1.54. The molecule has 0 aliphatic heterocycles. The number of aromatic nitrogens is 1. The first-order chi connectivity index (χ1) is 7.75. The number of amides is 1. The summed E-state index contributed by atoms with van der Waals surface area (Å²) in [7, 11) is 0. The Morgan fingerprint density at radius 1 is 1.25 bits per heavy atom. The second kappa shape index (κ2) is 5.07. The standard InChI is InChI=1S/C12H17N3O/c13-10-3-1-9(2-4-10)12(16)15-11-5-7-14-8-6-11/h5-10H,1-4,13H2,(H,14,15,16). The van der Waals surface area contributed by atoms with E-state index in [0.29, 0.717) is 0 Å². The first kappa shape index (κ1) is 11.1. The summed E-state index contributed by atoms with van der Waals surface area (Å²) in [5, 5.41) is 2.91. The Balaban J connectivity index is 1.89. The number of nitrogens with zero attached hydrogens (tertiary/aromatic N) is 1. The topological polar surface area (TPSA) is 68.0 Å². The minimum absolute atomic E-state index is 0.109. The third-order valence-electron chi connectivity index (χ3n) is 3.09. The summed E-state index contributed by atoms with van der Waals surface area (Å²) in [4.78, 5) is 15.8. The lowest BCUT2D eigenvalue weighted by Crippen LogP contribution is -2.32. The molecule has 0 aromatic carbocycles. The van der Waals surface area contributed by atoms with E-state index in [-0.39, 0.29) is 17.9 Å². The molecule has 0 bridgehead atoms. The molecule has 2 rings (SSSR count). The largest absolute Gasteiger partial charge is 0.328 e. The van der Waals surface area contributed by atoms with Crippen molar-refractivity contribution in [3.05, 3.63) is 24.5 Å². The van der Waals surface area contributed by atoms with Crippen molar-refractivity contribution in [2.75, 3.05) is 5.32 Å². The maximum Gasteiger partial charge on any atom is 0.227 e. The zero-order chi connectivity index (χ0) is 11.4. The van der Waals surface area contributed by atoms with Gasteiger partial charge in [0.05, 0.1) is 0 Å². The quantitative estimate of drug-likeness (QED) is 0.792. The van der Waals surface area contributed by atoms with Crippen LogP contribution < -0.4 is 11.1 Å². The molecule has 0 saturated heterocycles. The third-order valence-corrected chi connectivity index (χ3v) is 3.09. The Labute approximate surface area is 95.3 Å². The first-order valence-corrected chi connectivity index (χ1v) is 5.72. The van der Waals surface area contributed by atoms with Gasteiger partial charge in [-0.15, -0.1) is 0 Å². The van der Waals surface area contributed by atoms with Gasteiger partial charge in [-0.2, -0.15) is 0 Å². The van der Waals surface area contributed by atoms with E-state index in [1.54, 1.807) is 24.5 Å². The van der Waals surface area contributed by atoms with Gasteiger partial charge >= 0.3 is 0 Å². The van der Waals surface area contributed by atoms with E-state index in [9.17, 15) is 4.79 Å². The molecule has 4 heteroatoms. The molecule has 1 aliphatic rings. The maximum absolute atomic E-state index is 11.9. The molecular weight excluding hydrogens is 202 g/mol. The van der Waals surface area contributed by atoms with Crippen LogP contribution in [-0.2, 0) is 4.79 Å². The molecule has 16 heavy (non-hydrogen) atoms. The number of rotatable bonds is 2. The monoisotopic (exact) mass is 219 g/mol. The number of pyridine rings is 1.